The van der Waals surface area contributed by atoms with Crippen molar-refractivity contribution in [1.29, 1.82) is 0 Å². The highest BCUT2D eigenvalue weighted by molar-refractivity contribution is 6.36. The van der Waals surface area contributed by atoms with E-state index in [1.165, 1.54) is 0 Å². The van der Waals surface area contributed by atoms with Crippen LogP contribution >= 0.6 is 11.6 Å². The lowest BCUT2D eigenvalue weighted by atomic mass is 10.0. The zero-order valence-corrected chi connectivity index (χ0v) is 10.8. The molecule has 19 heavy (non-hydrogen) atoms. The summed E-state index contributed by atoms with van der Waals surface area (Å²) in [6.07, 6.45) is 4.28. The van der Waals surface area contributed by atoms with Gasteiger partial charge in [-0.2, -0.15) is 0 Å². The first-order valence-corrected chi connectivity index (χ1v) is 6.62. The summed E-state index contributed by atoms with van der Waals surface area (Å²) in [5, 5.41) is 0.0690. The minimum Gasteiger partial charge on any atom is -0.249 e. The topological polar surface area (TPSA) is 12.9 Å². The van der Waals surface area contributed by atoms with Crippen LogP contribution in [0.2, 0.25) is 5.02 Å². The van der Waals surface area contributed by atoms with Crippen molar-refractivity contribution in [1.82, 2.24) is 4.98 Å². The van der Waals surface area contributed by atoms with E-state index in [0.29, 0.717) is 24.6 Å². The molecule has 2 aromatic rings. The van der Waals surface area contributed by atoms with Crippen molar-refractivity contribution in [2.75, 3.05) is 0 Å². The molecule has 1 nitrogen and oxygen atoms in total. The Morgan fingerprint density at radius 1 is 1.00 bits per heavy atom. The number of pyridine rings is 1. The number of hydrogen-bond donors (Lipinski definition) is 0. The number of nitrogens with zero attached hydrogens (tertiary/aromatic N) is 1. The molecule has 0 bridgehead atoms. The lowest BCUT2D eigenvalue weighted by Crippen LogP contribution is -2.02. The lowest BCUT2D eigenvalue weighted by molar-refractivity contribution is 0.503. The molecule has 0 unspecified atom stereocenters. The monoisotopic (exact) mass is 285 g/mol. The van der Waals surface area contributed by atoms with Crippen LogP contribution in [0.3, 0.4) is 0 Å². The first-order valence-electron chi connectivity index (χ1n) is 6.24. The summed E-state index contributed by atoms with van der Waals surface area (Å²) < 4.78 is 40.9. The number of aryl methyl sites for hydroxylation is 1. The molecule has 3 rings (SSSR count). The van der Waals surface area contributed by atoms with Gasteiger partial charge in [-0.05, 0) is 31.2 Å². The van der Waals surface area contributed by atoms with Crippen molar-refractivity contribution >= 4 is 22.5 Å². The molecule has 0 fully saturated rings. The van der Waals surface area contributed by atoms with Crippen LogP contribution in [0.1, 0.15) is 30.5 Å². The molecule has 0 saturated heterocycles. The second-order valence-electron chi connectivity index (χ2n) is 4.79. The molecule has 0 aliphatic heterocycles. The third-order valence-corrected chi connectivity index (χ3v) is 3.98. The first-order chi connectivity index (χ1) is 9.09. The van der Waals surface area contributed by atoms with Crippen LogP contribution in [0.4, 0.5) is 13.2 Å². The molecule has 1 aliphatic rings. The first kappa shape index (κ1) is 12.7. The van der Waals surface area contributed by atoms with Crippen molar-refractivity contribution in [2.24, 2.45) is 0 Å². The van der Waals surface area contributed by atoms with E-state index >= 15 is 0 Å². The molecule has 0 radical (unpaired) electrons. The molecule has 1 heterocycles. The van der Waals surface area contributed by atoms with Gasteiger partial charge in [-0.25, -0.2) is 18.2 Å². The van der Waals surface area contributed by atoms with Crippen LogP contribution in [-0.2, 0) is 12.8 Å². The van der Waals surface area contributed by atoms with E-state index < -0.39 is 17.5 Å². The molecule has 0 atom stereocenters. The zero-order chi connectivity index (χ0) is 13.6. The van der Waals surface area contributed by atoms with Crippen LogP contribution in [-0.4, -0.2) is 4.98 Å². The minimum atomic E-state index is -1.23. The van der Waals surface area contributed by atoms with Gasteiger partial charge >= 0.3 is 0 Å². The van der Waals surface area contributed by atoms with Crippen molar-refractivity contribution in [3.8, 4) is 0 Å². The standard InChI is InChI=1S/C14H11ClF3N/c15-12-7-4-2-1-3-5-10(7)19-14-11(12)8(16)6-9(17)13(14)18/h6H,1-5H2. The van der Waals surface area contributed by atoms with Gasteiger partial charge in [-0.15, -0.1) is 0 Å². The summed E-state index contributed by atoms with van der Waals surface area (Å²) in [6, 6.07) is 0.522. The van der Waals surface area contributed by atoms with Gasteiger partial charge in [0.05, 0.1) is 10.4 Å². The van der Waals surface area contributed by atoms with Gasteiger partial charge in [-0.1, -0.05) is 18.0 Å². The summed E-state index contributed by atoms with van der Waals surface area (Å²) in [5.41, 5.74) is 1.14. The largest absolute Gasteiger partial charge is 0.249 e. The Kier molecular flexibility index (Phi) is 3.13. The SMILES string of the molecule is Fc1cc(F)c2c(Cl)c3c(nc2c1F)CCCCC3. The third kappa shape index (κ3) is 1.98. The fraction of sp³-hybridized carbons (Fsp3) is 0.357. The van der Waals surface area contributed by atoms with E-state index in [2.05, 4.69) is 4.98 Å². The van der Waals surface area contributed by atoms with E-state index in [4.69, 9.17) is 11.6 Å². The second-order valence-corrected chi connectivity index (χ2v) is 5.17. The predicted molar refractivity (Wildman–Crippen MR) is 67.9 cm³/mol. The maximum atomic E-state index is 13.8. The fourth-order valence-corrected chi connectivity index (χ4v) is 2.99. The molecule has 1 aromatic heterocycles. The Morgan fingerprint density at radius 2 is 1.74 bits per heavy atom. The highest BCUT2D eigenvalue weighted by Gasteiger charge is 2.22. The summed E-state index contributed by atoms with van der Waals surface area (Å²) in [6.45, 7) is 0. The fourth-order valence-electron chi connectivity index (χ4n) is 2.61. The number of hydrogen-bond acceptors (Lipinski definition) is 1. The highest BCUT2D eigenvalue weighted by atomic mass is 35.5. The van der Waals surface area contributed by atoms with Gasteiger partial charge in [0.25, 0.3) is 0 Å². The van der Waals surface area contributed by atoms with Crippen LogP contribution < -0.4 is 0 Å². The Morgan fingerprint density at radius 3 is 2.53 bits per heavy atom. The molecule has 100 valence electrons. The maximum Gasteiger partial charge on any atom is 0.185 e. The van der Waals surface area contributed by atoms with Gasteiger partial charge in [0.2, 0.25) is 0 Å². The quantitative estimate of drug-likeness (QED) is 0.510. The predicted octanol–water partition coefficient (Wildman–Crippen LogP) is 4.57. The van der Waals surface area contributed by atoms with Gasteiger partial charge in [0.1, 0.15) is 11.3 Å². The number of benzene rings is 1. The molecule has 1 aromatic carbocycles. The molecular weight excluding hydrogens is 275 g/mol. The Bertz CT molecular complexity index is 670. The zero-order valence-electron chi connectivity index (χ0n) is 10.1. The minimum absolute atomic E-state index is 0.110. The van der Waals surface area contributed by atoms with E-state index in [0.717, 1.165) is 24.8 Å². The average molecular weight is 286 g/mol. The summed E-state index contributed by atoms with van der Waals surface area (Å²) in [7, 11) is 0. The van der Waals surface area contributed by atoms with Crippen molar-refractivity contribution < 1.29 is 13.2 Å². The van der Waals surface area contributed by atoms with Crippen LogP contribution in [0.15, 0.2) is 6.07 Å². The third-order valence-electron chi connectivity index (χ3n) is 3.57. The van der Waals surface area contributed by atoms with Crippen molar-refractivity contribution in [3.05, 3.63) is 39.8 Å². The second kappa shape index (κ2) is 4.67. The van der Waals surface area contributed by atoms with Crippen LogP contribution in [0.5, 0.6) is 0 Å². The van der Waals surface area contributed by atoms with Crippen LogP contribution in [0.25, 0.3) is 10.9 Å². The van der Waals surface area contributed by atoms with E-state index in [1.54, 1.807) is 0 Å². The summed E-state index contributed by atoms with van der Waals surface area (Å²) in [5.74, 6) is -3.23. The van der Waals surface area contributed by atoms with E-state index in [1.807, 2.05) is 0 Å². The molecule has 5 heteroatoms. The van der Waals surface area contributed by atoms with Gasteiger partial charge in [0, 0.05) is 11.8 Å². The summed E-state index contributed by atoms with van der Waals surface area (Å²) in [4.78, 5) is 4.12. The van der Waals surface area contributed by atoms with Gasteiger partial charge < -0.3 is 0 Å². The molecule has 0 amide bonds. The molecule has 0 spiro atoms. The highest BCUT2D eigenvalue weighted by Crippen LogP contribution is 2.35. The van der Waals surface area contributed by atoms with Gasteiger partial charge in [-0.3, -0.25) is 0 Å². The normalized spacial score (nSPS) is 15.4. The van der Waals surface area contributed by atoms with E-state index in [9.17, 15) is 13.2 Å². The number of halogens is 4. The Hall–Kier alpha value is -1.29. The smallest absolute Gasteiger partial charge is 0.185 e. The number of aromatic nitrogens is 1. The van der Waals surface area contributed by atoms with Gasteiger partial charge in [0.15, 0.2) is 11.6 Å². The van der Waals surface area contributed by atoms with Crippen molar-refractivity contribution in [3.63, 3.8) is 0 Å². The Balaban J connectivity index is 2.40. The number of fused-ring (bicyclic) bond motifs is 2. The van der Waals surface area contributed by atoms with Crippen LogP contribution in [0, 0.1) is 17.5 Å². The van der Waals surface area contributed by atoms with Crippen molar-refractivity contribution in [2.45, 2.75) is 32.1 Å². The molecule has 0 N–H and O–H groups in total. The maximum absolute atomic E-state index is 13.8. The lowest BCUT2D eigenvalue weighted by Gasteiger charge is -2.12. The Labute approximate surface area is 113 Å². The molecule has 0 saturated carbocycles. The van der Waals surface area contributed by atoms with E-state index in [-0.39, 0.29) is 15.9 Å². The number of rotatable bonds is 0. The summed E-state index contributed by atoms with van der Waals surface area (Å²) >= 11 is 6.19. The average Bonchev–Trinajstić information content (AvgIpc) is 2.61. The molecular formula is C14H11ClF3N. The molecule has 1 aliphatic carbocycles.